The molecular formula is C15H24N2O. The van der Waals surface area contributed by atoms with Crippen LogP contribution in [0.25, 0.3) is 0 Å². The molecule has 1 atom stereocenters. The summed E-state index contributed by atoms with van der Waals surface area (Å²) in [4.78, 5) is 14.0. The van der Waals surface area contributed by atoms with Crippen molar-refractivity contribution in [1.29, 1.82) is 0 Å². The molecule has 2 N–H and O–H groups in total. The fourth-order valence-corrected chi connectivity index (χ4v) is 2.23. The lowest BCUT2D eigenvalue weighted by atomic mass is 10.0. The van der Waals surface area contributed by atoms with Gasteiger partial charge in [-0.05, 0) is 24.8 Å². The van der Waals surface area contributed by atoms with Crippen LogP contribution in [0, 0.1) is 0 Å². The molecule has 18 heavy (non-hydrogen) atoms. The molecule has 0 saturated heterocycles. The average molecular weight is 248 g/mol. The molecule has 0 aromatic heterocycles. The molecule has 1 rings (SSSR count). The SMILES string of the molecule is CCC(CC)N(C)C(=O)[C@H](N)Cc1ccccc1. The molecule has 0 aliphatic carbocycles. The monoisotopic (exact) mass is 248 g/mol. The van der Waals surface area contributed by atoms with Gasteiger partial charge in [-0.25, -0.2) is 0 Å². The largest absolute Gasteiger partial charge is 0.341 e. The number of rotatable bonds is 6. The number of likely N-dealkylation sites (N-methyl/N-ethyl adjacent to an activating group) is 1. The third kappa shape index (κ3) is 3.84. The number of benzene rings is 1. The van der Waals surface area contributed by atoms with Crippen LogP contribution in [-0.4, -0.2) is 29.9 Å². The Balaban J connectivity index is 2.61. The number of nitrogens with two attached hydrogens (primary N) is 1. The van der Waals surface area contributed by atoms with Crippen molar-refractivity contribution < 1.29 is 4.79 Å². The van der Waals surface area contributed by atoms with Gasteiger partial charge in [0.15, 0.2) is 0 Å². The van der Waals surface area contributed by atoms with Crippen LogP contribution < -0.4 is 5.73 Å². The first-order valence-corrected chi connectivity index (χ1v) is 6.66. The summed E-state index contributed by atoms with van der Waals surface area (Å²) in [6.45, 7) is 4.20. The van der Waals surface area contributed by atoms with E-state index in [-0.39, 0.29) is 5.91 Å². The van der Waals surface area contributed by atoms with Crippen LogP contribution >= 0.6 is 0 Å². The molecule has 0 radical (unpaired) electrons. The standard InChI is InChI=1S/C15H24N2O/c1-4-13(5-2)17(3)15(18)14(16)11-12-9-7-6-8-10-12/h6-10,13-14H,4-5,11,16H2,1-3H3/t14-/m1/s1. The van der Waals surface area contributed by atoms with Crippen molar-refractivity contribution >= 4 is 5.91 Å². The number of carbonyl (C=O) groups excluding carboxylic acids is 1. The fraction of sp³-hybridized carbons (Fsp3) is 0.533. The Morgan fingerprint density at radius 2 is 1.78 bits per heavy atom. The van der Waals surface area contributed by atoms with Crippen molar-refractivity contribution in [3.8, 4) is 0 Å². The Labute approximate surface area is 110 Å². The first-order valence-electron chi connectivity index (χ1n) is 6.66. The molecule has 0 aliphatic rings. The highest BCUT2D eigenvalue weighted by Gasteiger charge is 2.22. The lowest BCUT2D eigenvalue weighted by Gasteiger charge is -2.28. The minimum atomic E-state index is -0.446. The lowest BCUT2D eigenvalue weighted by molar-refractivity contribution is -0.133. The third-order valence-electron chi connectivity index (χ3n) is 3.45. The molecule has 1 amide bonds. The number of nitrogens with zero attached hydrogens (tertiary/aromatic N) is 1. The summed E-state index contributed by atoms with van der Waals surface area (Å²) in [6.07, 6.45) is 2.54. The zero-order valence-electron chi connectivity index (χ0n) is 11.6. The molecule has 3 heteroatoms. The summed E-state index contributed by atoms with van der Waals surface area (Å²) < 4.78 is 0. The number of hydrogen-bond donors (Lipinski definition) is 1. The highest BCUT2D eigenvalue weighted by Crippen LogP contribution is 2.09. The maximum atomic E-state index is 12.2. The summed E-state index contributed by atoms with van der Waals surface area (Å²) in [6, 6.07) is 9.76. The van der Waals surface area contributed by atoms with Gasteiger partial charge in [-0.3, -0.25) is 4.79 Å². The summed E-state index contributed by atoms with van der Waals surface area (Å²) >= 11 is 0. The van der Waals surface area contributed by atoms with Crippen LogP contribution in [0.4, 0.5) is 0 Å². The first-order chi connectivity index (χ1) is 8.60. The molecule has 100 valence electrons. The fourth-order valence-electron chi connectivity index (χ4n) is 2.23. The smallest absolute Gasteiger partial charge is 0.239 e. The van der Waals surface area contributed by atoms with E-state index in [1.807, 2.05) is 37.4 Å². The van der Waals surface area contributed by atoms with Crippen molar-refractivity contribution in [2.75, 3.05) is 7.05 Å². The van der Waals surface area contributed by atoms with Crippen molar-refractivity contribution in [2.24, 2.45) is 5.73 Å². The molecule has 0 heterocycles. The molecule has 0 spiro atoms. The third-order valence-corrected chi connectivity index (χ3v) is 3.45. The molecule has 0 bridgehead atoms. The highest BCUT2D eigenvalue weighted by atomic mass is 16.2. The quantitative estimate of drug-likeness (QED) is 0.839. The maximum Gasteiger partial charge on any atom is 0.239 e. The Morgan fingerprint density at radius 1 is 1.22 bits per heavy atom. The molecule has 0 unspecified atom stereocenters. The van der Waals surface area contributed by atoms with Crippen LogP contribution in [0.3, 0.4) is 0 Å². The van der Waals surface area contributed by atoms with Gasteiger partial charge < -0.3 is 10.6 Å². The zero-order valence-corrected chi connectivity index (χ0v) is 11.6. The van der Waals surface area contributed by atoms with Gasteiger partial charge in [0.25, 0.3) is 0 Å². The van der Waals surface area contributed by atoms with E-state index in [1.165, 1.54) is 0 Å². The first kappa shape index (κ1) is 14.7. The van der Waals surface area contributed by atoms with E-state index in [9.17, 15) is 4.79 Å². The van der Waals surface area contributed by atoms with Gasteiger partial charge in [-0.15, -0.1) is 0 Å². The summed E-state index contributed by atoms with van der Waals surface area (Å²) in [7, 11) is 1.85. The second-order valence-electron chi connectivity index (χ2n) is 4.72. The van der Waals surface area contributed by atoms with E-state index >= 15 is 0 Å². The number of carbonyl (C=O) groups is 1. The van der Waals surface area contributed by atoms with Gasteiger partial charge in [-0.2, -0.15) is 0 Å². The normalized spacial score (nSPS) is 12.5. The van der Waals surface area contributed by atoms with Gasteiger partial charge in [0.1, 0.15) is 0 Å². The summed E-state index contributed by atoms with van der Waals surface area (Å²) in [5.74, 6) is 0.0348. The van der Waals surface area contributed by atoms with E-state index in [0.717, 1.165) is 18.4 Å². The predicted octanol–water partition coefficient (Wildman–Crippen LogP) is 2.20. The summed E-state index contributed by atoms with van der Waals surface area (Å²) in [5.41, 5.74) is 7.11. The van der Waals surface area contributed by atoms with Crippen molar-refractivity contribution in [3.63, 3.8) is 0 Å². The minimum Gasteiger partial charge on any atom is -0.341 e. The summed E-state index contributed by atoms with van der Waals surface area (Å²) in [5, 5.41) is 0. The zero-order chi connectivity index (χ0) is 13.5. The molecule has 0 saturated carbocycles. The molecule has 3 nitrogen and oxygen atoms in total. The number of amides is 1. The van der Waals surface area contributed by atoms with E-state index in [2.05, 4.69) is 13.8 Å². The Bertz CT molecular complexity index is 360. The molecule has 1 aromatic rings. The van der Waals surface area contributed by atoms with Crippen LogP contribution in [0.2, 0.25) is 0 Å². The molecular weight excluding hydrogens is 224 g/mol. The molecule has 0 aliphatic heterocycles. The second-order valence-corrected chi connectivity index (χ2v) is 4.72. The van der Waals surface area contributed by atoms with Crippen molar-refractivity contribution in [2.45, 2.75) is 45.2 Å². The Hall–Kier alpha value is -1.35. The maximum absolute atomic E-state index is 12.2. The van der Waals surface area contributed by atoms with Crippen LogP contribution in [-0.2, 0) is 11.2 Å². The van der Waals surface area contributed by atoms with Gasteiger partial charge in [-0.1, -0.05) is 44.2 Å². The van der Waals surface area contributed by atoms with E-state index in [4.69, 9.17) is 5.73 Å². The van der Waals surface area contributed by atoms with Gasteiger partial charge in [0.2, 0.25) is 5.91 Å². The van der Waals surface area contributed by atoms with Gasteiger partial charge in [0.05, 0.1) is 6.04 Å². The molecule has 1 aromatic carbocycles. The van der Waals surface area contributed by atoms with Crippen LogP contribution in [0.15, 0.2) is 30.3 Å². The topological polar surface area (TPSA) is 46.3 Å². The lowest BCUT2D eigenvalue weighted by Crippen LogP contribution is -2.47. The van der Waals surface area contributed by atoms with E-state index in [1.54, 1.807) is 4.90 Å². The van der Waals surface area contributed by atoms with Gasteiger partial charge >= 0.3 is 0 Å². The van der Waals surface area contributed by atoms with E-state index in [0.29, 0.717) is 12.5 Å². The number of hydrogen-bond acceptors (Lipinski definition) is 2. The minimum absolute atomic E-state index is 0.0348. The Morgan fingerprint density at radius 3 is 2.28 bits per heavy atom. The van der Waals surface area contributed by atoms with Crippen LogP contribution in [0.1, 0.15) is 32.3 Å². The Kier molecular flexibility index (Phi) is 5.86. The van der Waals surface area contributed by atoms with Crippen molar-refractivity contribution in [3.05, 3.63) is 35.9 Å². The van der Waals surface area contributed by atoms with Crippen LogP contribution in [0.5, 0.6) is 0 Å². The molecule has 0 fully saturated rings. The average Bonchev–Trinajstić information content (AvgIpc) is 2.40. The van der Waals surface area contributed by atoms with E-state index < -0.39 is 6.04 Å². The highest BCUT2D eigenvalue weighted by molar-refractivity contribution is 5.82. The predicted molar refractivity (Wildman–Crippen MR) is 75.3 cm³/mol. The second kappa shape index (κ2) is 7.17. The van der Waals surface area contributed by atoms with Gasteiger partial charge in [0, 0.05) is 13.1 Å². The van der Waals surface area contributed by atoms with Crippen molar-refractivity contribution in [1.82, 2.24) is 4.90 Å².